The molecule has 2 aromatic rings. The van der Waals surface area contributed by atoms with Crippen LogP contribution in [0.4, 0.5) is 0 Å². The molecule has 108 valence electrons. The van der Waals surface area contributed by atoms with Crippen LogP contribution in [0.5, 0.6) is 5.75 Å². The Kier molecular flexibility index (Phi) is 4.52. The van der Waals surface area contributed by atoms with Crippen LogP contribution < -0.4 is 10.5 Å². The highest BCUT2D eigenvalue weighted by molar-refractivity contribution is 6.32. The molecular weight excluding hydrogens is 280 g/mol. The number of benzene rings is 1. The predicted octanol–water partition coefficient (Wildman–Crippen LogP) is 2.28. The quantitative estimate of drug-likeness (QED) is 0.857. The van der Waals surface area contributed by atoms with Gasteiger partial charge in [0.1, 0.15) is 12.3 Å². The molecule has 0 bridgehead atoms. The predicted molar refractivity (Wildman–Crippen MR) is 78.5 cm³/mol. The summed E-state index contributed by atoms with van der Waals surface area (Å²) in [5.41, 5.74) is 7.40. The van der Waals surface area contributed by atoms with Gasteiger partial charge in [0.25, 0.3) is 0 Å². The summed E-state index contributed by atoms with van der Waals surface area (Å²) in [4.78, 5) is 10.9. The van der Waals surface area contributed by atoms with E-state index in [9.17, 15) is 4.79 Å². The summed E-state index contributed by atoms with van der Waals surface area (Å²) in [5, 5.41) is 10.4. The van der Waals surface area contributed by atoms with Crippen LogP contribution in [0.2, 0.25) is 5.02 Å². The van der Waals surface area contributed by atoms with Gasteiger partial charge in [0.05, 0.1) is 17.6 Å². The number of aryl methyl sites for hydroxylation is 1. The van der Waals surface area contributed by atoms with Crippen molar-refractivity contribution < 1.29 is 14.6 Å². The lowest BCUT2D eigenvalue weighted by Crippen LogP contribution is -2.07. The maximum absolute atomic E-state index is 10.9. The highest BCUT2D eigenvalue weighted by Crippen LogP contribution is 2.33. The molecule has 0 saturated heterocycles. The number of hydrogen-bond acceptors (Lipinski definition) is 3. The van der Waals surface area contributed by atoms with E-state index >= 15 is 0 Å². The van der Waals surface area contributed by atoms with Crippen molar-refractivity contribution in [1.82, 2.24) is 4.57 Å². The number of rotatable bonds is 6. The van der Waals surface area contributed by atoms with Crippen LogP contribution in [0.15, 0.2) is 18.3 Å². The summed E-state index contributed by atoms with van der Waals surface area (Å²) in [7, 11) is 1.56. The topological polar surface area (TPSA) is 77.5 Å². The molecule has 2 rings (SSSR count). The van der Waals surface area contributed by atoms with Crippen LogP contribution in [-0.4, -0.2) is 29.3 Å². The molecule has 0 unspecified atom stereocenters. The van der Waals surface area contributed by atoms with Crippen LogP contribution in [0.25, 0.3) is 10.9 Å². The lowest BCUT2D eigenvalue weighted by Gasteiger charge is -2.06. The van der Waals surface area contributed by atoms with Gasteiger partial charge in [0.2, 0.25) is 0 Å². The Morgan fingerprint density at radius 2 is 2.25 bits per heavy atom. The molecule has 1 aromatic heterocycles. The normalized spacial score (nSPS) is 10.9. The minimum absolute atomic E-state index is 0.0955. The van der Waals surface area contributed by atoms with Gasteiger partial charge in [-0.2, -0.15) is 0 Å². The molecule has 0 aliphatic rings. The Labute approximate surface area is 121 Å². The number of ether oxygens (including phenoxy) is 1. The third-order valence-corrected chi connectivity index (χ3v) is 3.49. The third-order valence-electron chi connectivity index (χ3n) is 3.19. The third kappa shape index (κ3) is 2.89. The van der Waals surface area contributed by atoms with Gasteiger partial charge >= 0.3 is 5.97 Å². The second kappa shape index (κ2) is 6.15. The number of hydrogen-bond donors (Lipinski definition) is 2. The van der Waals surface area contributed by atoms with E-state index in [0.29, 0.717) is 17.3 Å². The van der Waals surface area contributed by atoms with E-state index in [1.807, 2.05) is 12.3 Å². The fraction of sp³-hybridized carbons (Fsp3) is 0.357. The number of nitrogens with two attached hydrogens (primary N) is 1. The number of methoxy groups -OCH3 is 1. The molecule has 0 amide bonds. The largest absolute Gasteiger partial charge is 0.495 e. The number of carbonyl (C=O) groups is 1. The number of halogens is 1. The smallest absolute Gasteiger partial charge is 0.323 e. The number of aromatic nitrogens is 1. The molecule has 0 spiro atoms. The average molecular weight is 297 g/mol. The molecule has 1 heterocycles. The molecule has 0 saturated carbocycles. The highest BCUT2D eigenvalue weighted by Gasteiger charge is 2.13. The van der Waals surface area contributed by atoms with Crippen LogP contribution in [0, 0.1) is 0 Å². The van der Waals surface area contributed by atoms with E-state index in [4.69, 9.17) is 27.2 Å². The summed E-state index contributed by atoms with van der Waals surface area (Å²) in [6, 6.07) is 3.59. The van der Waals surface area contributed by atoms with Crippen molar-refractivity contribution in [2.24, 2.45) is 5.73 Å². The average Bonchev–Trinajstić information content (AvgIpc) is 2.72. The molecule has 0 aliphatic heterocycles. The van der Waals surface area contributed by atoms with E-state index in [1.165, 1.54) is 0 Å². The number of fused-ring (bicyclic) bond motifs is 1. The van der Waals surface area contributed by atoms with E-state index in [2.05, 4.69) is 0 Å². The maximum Gasteiger partial charge on any atom is 0.323 e. The van der Waals surface area contributed by atoms with Crippen molar-refractivity contribution >= 4 is 28.5 Å². The van der Waals surface area contributed by atoms with Crippen molar-refractivity contribution in [3.63, 3.8) is 0 Å². The fourth-order valence-electron chi connectivity index (χ4n) is 2.29. The van der Waals surface area contributed by atoms with Gasteiger partial charge in [-0.05, 0) is 37.1 Å². The zero-order chi connectivity index (χ0) is 14.7. The van der Waals surface area contributed by atoms with Gasteiger partial charge in [0.15, 0.2) is 0 Å². The van der Waals surface area contributed by atoms with Gasteiger partial charge in [-0.25, -0.2) is 0 Å². The molecule has 6 heteroatoms. The van der Waals surface area contributed by atoms with Crippen LogP contribution >= 0.6 is 11.6 Å². The maximum atomic E-state index is 10.9. The molecule has 0 radical (unpaired) electrons. The zero-order valence-corrected chi connectivity index (χ0v) is 12.0. The van der Waals surface area contributed by atoms with Crippen molar-refractivity contribution in [3.05, 3.63) is 28.9 Å². The Balaban J connectivity index is 2.56. The summed E-state index contributed by atoms with van der Waals surface area (Å²) in [6.07, 6.45) is 3.49. The van der Waals surface area contributed by atoms with E-state index < -0.39 is 5.97 Å². The lowest BCUT2D eigenvalue weighted by molar-refractivity contribution is -0.137. The molecule has 0 atom stereocenters. The summed E-state index contributed by atoms with van der Waals surface area (Å²) < 4.78 is 6.91. The Morgan fingerprint density at radius 3 is 2.85 bits per heavy atom. The van der Waals surface area contributed by atoms with Gasteiger partial charge < -0.3 is 20.1 Å². The summed E-state index contributed by atoms with van der Waals surface area (Å²) >= 11 is 6.12. The van der Waals surface area contributed by atoms with Gasteiger partial charge in [0, 0.05) is 11.6 Å². The first-order chi connectivity index (χ1) is 9.56. The number of carboxylic acids is 1. The van der Waals surface area contributed by atoms with Crippen LogP contribution in [0.1, 0.15) is 12.0 Å². The SMILES string of the molecule is COc1cc2c(CCCN)cn(CC(=O)O)c2cc1Cl. The fourth-order valence-corrected chi connectivity index (χ4v) is 2.52. The van der Waals surface area contributed by atoms with Crippen LogP contribution in [-0.2, 0) is 17.8 Å². The van der Waals surface area contributed by atoms with Crippen molar-refractivity contribution in [1.29, 1.82) is 0 Å². The first kappa shape index (κ1) is 14.7. The summed E-state index contributed by atoms with van der Waals surface area (Å²) in [5.74, 6) is -0.305. The summed E-state index contributed by atoms with van der Waals surface area (Å²) in [6.45, 7) is 0.498. The second-order valence-electron chi connectivity index (χ2n) is 4.57. The minimum atomic E-state index is -0.890. The monoisotopic (exact) mass is 296 g/mol. The minimum Gasteiger partial charge on any atom is -0.495 e. The molecule has 1 aromatic carbocycles. The van der Waals surface area contributed by atoms with Crippen molar-refractivity contribution in [2.75, 3.05) is 13.7 Å². The Hall–Kier alpha value is -1.72. The van der Waals surface area contributed by atoms with Crippen LogP contribution in [0.3, 0.4) is 0 Å². The standard InChI is InChI=1S/C14H17ClN2O3/c1-20-13-5-10-9(3-2-4-16)7-17(8-14(18)19)12(10)6-11(13)15/h5-7H,2-4,8,16H2,1H3,(H,18,19). The van der Waals surface area contributed by atoms with E-state index in [0.717, 1.165) is 29.3 Å². The van der Waals surface area contributed by atoms with E-state index in [-0.39, 0.29) is 6.54 Å². The molecular formula is C14H17ClN2O3. The van der Waals surface area contributed by atoms with Crippen molar-refractivity contribution in [3.8, 4) is 5.75 Å². The molecule has 3 N–H and O–H groups in total. The number of carboxylic acid groups (broad SMARTS) is 1. The van der Waals surface area contributed by atoms with Crippen molar-refractivity contribution in [2.45, 2.75) is 19.4 Å². The highest BCUT2D eigenvalue weighted by atomic mass is 35.5. The van der Waals surface area contributed by atoms with Gasteiger partial charge in [-0.15, -0.1) is 0 Å². The molecule has 5 nitrogen and oxygen atoms in total. The molecule has 20 heavy (non-hydrogen) atoms. The lowest BCUT2D eigenvalue weighted by atomic mass is 10.1. The first-order valence-electron chi connectivity index (χ1n) is 6.34. The number of nitrogens with zero attached hydrogens (tertiary/aromatic N) is 1. The van der Waals surface area contributed by atoms with Gasteiger partial charge in [-0.1, -0.05) is 11.6 Å². The molecule has 0 fully saturated rings. The first-order valence-corrected chi connectivity index (χ1v) is 6.71. The Bertz CT molecular complexity index is 637. The zero-order valence-electron chi connectivity index (χ0n) is 11.2. The number of aliphatic carboxylic acids is 1. The second-order valence-corrected chi connectivity index (χ2v) is 4.98. The Morgan fingerprint density at radius 1 is 1.50 bits per heavy atom. The van der Waals surface area contributed by atoms with Gasteiger partial charge in [-0.3, -0.25) is 4.79 Å². The van der Waals surface area contributed by atoms with E-state index in [1.54, 1.807) is 17.7 Å². The molecule has 0 aliphatic carbocycles.